The van der Waals surface area contributed by atoms with Crippen LogP contribution < -0.4 is 18.9 Å². The van der Waals surface area contributed by atoms with Crippen LogP contribution in [0.4, 0.5) is 0 Å². The normalized spacial score (nSPS) is 16.8. The maximum Gasteiger partial charge on any atom is 0.330 e. The van der Waals surface area contributed by atoms with Gasteiger partial charge in [0.05, 0.1) is 35.0 Å². The van der Waals surface area contributed by atoms with E-state index in [-0.39, 0.29) is 6.61 Å². The Morgan fingerprint density at radius 1 is 0.969 bits per heavy atom. The highest BCUT2D eigenvalue weighted by Crippen LogP contribution is 2.53. The molecule has 8 heteroatoms. The molecule has 0 saturated carbocycles. The third kappa shape index (κ3) is 4.34. The van der Waals surface area contributed by atoms with Crippen molar-refractivity contribution in [2.75, 3.05) is 35.0 Å². The average molecular weight is 442 g/mol. The summed E-state index contributed by atoms with van der Waals surface area (Å²) in [4.78, 5) is 24.8. The van der Waals surface area contributed by atoms with Crippen molar-refractivity contribution in [3.05, 3.63) is 53.1 Å². The van der Waals surface area contributed by atoms with Crippen molar-refractivity contribution in [3.63, 3.8) is 0 Å². The van der Waals surface area contributed by atoms with Crippen molar-refractivity contribution in [1.82, 2.24) is 0 Å². The molecule has 2 atom stereocenters. The van der Waals surface area contributed by atoms with E-state index in [1.54, 1.807) is 50.4 Å². The summed E-state index contributed by atoms with van der Waals surface area (Å²) < 4.78 is 32.5. The predicted molar refractivity (Wildman–Crippen MR) is 116 cm³/mol. The Morgan fingerprint density at radius 3 is 2.28 bits per heavy atom. The summed E-state index contributed by atoms with van der Waals surface area (Å²) in [6, 6.07) is 8.77. The second-order valence-electron chi connectivity index (χ2n) is 6.84. The van der Waals surface area contributed by atoms with Crippen LogP contribution in [0.3, 0.4) is 0 Å². The molecule has 0 saturated heterocycles. The first-order valence-corrected chi connectivity index (χ1v) is 10.0. The highest BCUT2D eigenvalue weighted by atomic mass is 16.5. The minimum atomic E-state index is -0.801. The maximum absolute atomic E-state index is 12.9. The lowest BCUT2D eigenvalue weighted by molar-refractivity contribution is -0.144. The van der Waals surface area contributed by atoms with E-state index in [4.69, 9.17) is 28.4 Å². The van der Waals surface area contributed by atoms with Gasteiger partial charge in [-0.05, 0) is 42.3 Å². The molecule has 8 nitrogen and oxygen atoms in total. The number of hydrogen-bond donors (Lipinski definition) is 0. The first-order valence-electron chi connectivity index (χ1n) is 10.0. The van der Waals surface area contributed by atoms with Gasteiger partial charge in [0.15, 0.2) is 23.0 Å². The second-order valence-corrected chi connectivity index (χ2v) is 6.84. The Labute approximate surface area is 186 Å². The molecule has 1 aliphatic rings. The molecule has 0 spiro atoms. The standard InChI is InChI=1S/C24H26O8/c1-6-31-19(25)12-9-14-7-11-17(28-3)23-20(14)21(24(26)30-5)22(32-23)15-8-10-16(27-2)18(13-15)29-4/h7-13,21-22H,6H2,1-5H3/b12-9+/t21-,22+/m0/s1. The topological polar surface area (TPSA) is 89.5 Å². The summed E-state index contributed by atoms with van der Waals surface area (Å²) in [5, 5.41) is 0. The molecule has 0 N–H and O–H groups in total. The molecule has 2 aromatic rings. The molecule has 2 aromatic carbocycles. The van der Waals surface area contributed by atoms with Gasteiger partial charge < -0.3 is 28.4 Å². The zero-order valence-electron chi connectivity index (χ0n) is 18.7. The molecule has 0 aromatic heterocycles. The van der Waals surface area contributed by atoms with E-state index in [0.717, 1.165) is 0 Å². The molecule has 0 amide bonds. The number of ether oxygens (including phenoxy) is 6. The largest absolute Gasteiger partial charge is 0.493 e. The Bertz CT molecular complexity index is 1030. The van der Waals surface area contributed by atoms with Crippen LogP contribution in [0.15, 0.2) is 36.4 Å². The molecule has 170 valence electrons. The van der Waals surface area contributed by atoms with Gasteiger partial charge in [-0.1, -0.05) is 12.1 Å². The quantitative estimate of drug-likeness (QED) is 0.452. The minimum Gasteiger partial charge on any atom is -0.493 e. The first kappa shape index (κ1) is 23.0. The van der Waals surface area contributed by atoms with Gasteiger partial charge in [-0.3, -0.25) is 4.79 Å². The van der Waals surface area contributed by atoms with E-state index in [1.807, 2.05) is 0 Å². The van der Waals surface area contributed by atoms with Gasteiger partial charge in [0.1, 0.15) is 12.0 Å². The van der Waals surface area contributed by atoms with Gasteiger partial charge in [-0.2, -0.15) is 0 Å². The van der Waals surface area contributed by atoms with Crippen LogP contribution in [0.5, 0.6) is 23.0 Å². The number of esters is 2. The fraction of sp³-hybridized carbons (Fsp3) is 0.333. The molecule has 1 heterocycles. The minimum absolute atomic E-state index is 0.263. The van der Waals surface area contributed by atoms with Gasteiger partial charge >= 0.3 is 11.9 Å². The zero-order chi connectivity index (χ0) is 23.3. The Balaban J connectivity index is 2.13. The summed E-state index contributed by atoms with van der Waals surface area (Å²) in [6.45, 7) is 1.99. The lowest BCUT2D eigenvalue weighted by Gasteiger charge is -2.19. The van der Waals surface area contributed by atoms with Crippen LogP contribution >= 0.6 is 0 Å². The Morgan fingerprint density at radius 2 is 1.66 bits per heavy atom. The van der Waals surface area contributed by atoms with E-state index in [2.05, 4.69) is 0 Å². The van der Waals surface area contributed by atoms with Crippen molar-refractivity contribution >= 4 is 18.0 Å². The van der Waals surface area contributed by atoms with Crippen molar-refractivity contribution in [3.8, 4) is 23.0 Å². The molecule has 0 fully saturated rings. The summed E-state index contributed by atoms with van der Waals surface area (Å²) >= 11 is 0. The summed E-state index contributed by atoms with van der Waals surface area (Å²) in [6.07, 6.45) is 2.19. The van der Waals surface area contributed by atoms with Crippen molar-refractivity contribution in [1.29, 1.82) is 0 Å². The second kappa shape index (κ2) is 10.1. The third-order valence-electron chi connectivity index (χ3n) is 5.15. The number of carbonyl (C=O) groups excluding carboxylic acids is 2. The summed E-state index contributed by atoms with van der Waals surface area (Å²) in [5.41, 5.74) is 1.88. The van der Waals surface area contributed by atoms with E-state index in [1.165, 1.54) is 27.4 Å². The van der Waals surface area contributed by atoms with Gasteiger partial charge in [0.2, 0.25) is 0 Å². The lowest BCUT2D eigenvalue weighted by atomic mass is 9.87. The first-order chi connectivity index (χ1) is 15.5. The van der Waals surface area contributed by atoms with Crippen molar-refractivity contribution in [2.45, 2.75) is 18.9 Å². The number of carbonyl (C=O) groups is 2. The fourth-order valence-electron chi connectivity index (χ4n) is 3.70. The molecule has 3 rings (SSSR count). The Hall–Kier alpha value is -3.68. The highest BCUT2D eigenvalue weighted by molar-refractivity contribution is 5.90. The van der Waals surface area contributed by atoms with Crippen LogP contribution in [-0.2, 0) is 19.1 Å². The number of rotatable bonds is 8. The molecular weight excluding hydrogens is 416 g/mol. The van der Waals surface area contributed by atoms with E-state index in [0.29, 0.717) is 39.7 Å². The fourth-order valence-corrected chi connectivity index (χ4v) is 3.70. The smallest absolute Gasteiger partial charge is 0.330 e. The molecule has 0 aliphatic carbocycles. The van der Waals surface area contributed by atoms with Crippen LogP contribution in [0.1, 0.15) is 35.6 Å². The highest BCUT2D eigenvalue weighted by Gasteiger charge is 2.44. The Kier molecular flexibility index (Phi) is 7.25. The number of benzene rings is 2. The van der Waals surface area contributed by atoms with Crippen molar-refractivity contribution < 1.29 is 38.0 Å². The van der Waals surface area contributed by atoms with Gasteiger partial charge in [0.25, 0.3) is 0 Å². The lowest BCUT2D eigenvalue weighted by Crippen LogP contribution is -2.20. The van der Waals surface area contributed by atoms with Crippen LogP contribution in [0.25, 0.3) is 6.08 Å². The van der Waals surface area contributed by atoms with Crippen LogP contribution in [0.2, 0.25) is 0 Å². The van der Waals surface area contributed by atoms with Gasteiger partial charge in [0, 0.05) is 11.6 Å². The number of fused-ring (bicyclic) bond motifs is 1. The molecule has 0 radical (unpaired) electrons. The molecule has 0 bridgehead atoms. The van der Waals surface area contributed by atoms with Crippen LogP contribution in [-0.4, -0.2) is 47.0 Å². The molecule has 1 aliphatic heterocycles. The SMILES string of the molecule is CCOC(=O)/C=C/c1ccc(OC)c2c1[C@H](C(=O)OC)[C@@H](c1ccc(OC)c(OC)c1)O2. The summed E-state index contributed by atoms with van der Waals surface area (Å²) in [5.74, 6) is 0.160. The average Bonchev–Trinajstić information content (AvgIpc) is 3.22. The van der Waals surface area contributed by atoms with Gasteiger partial charge in [-0.15, -0.1) is 0 Å². The number of methoxy groups -OCH3 is 4. The van der Waals surface area contributed by atoms with Crippen molar-refractivity contribution in [2.24, 2.45) is 0 Å². The van der Waals surface area contributed by atoms with E-state index in [9.17, 15) is 9.59 Å². The van der Waals surface area contributed by atoms with Crippen LogP contribution in [0, 0.1) is 0 Å². The van der Waals surface area contributed by atoms with E-state index < -0.39 is 24.0 Å². The molecule has 32 heavy (non-hydrogen) atoms. The zero-order valence-corrected chi connectivity index (χ0v) is 18.7. The predicted octanol–water partition coefficient (Wildman–Crippen LogP) is 3.68. The summed E-state index contributed by atoms with van der Waals surface area (Å²) in [7, 11) is 5.92. The monoisotopic (exact) mass is 442 g/mol. The number of hydrogen-bond acceptors (Lipinski definition) is 8. The molecule has 0 unspecified atom stereocenters. The van der Waals surface area contributed by atoms with Gasteiger partial charge in [-0.25, -0.2) is 4.79 Å². The third-order valence-corrected chi connectivity index (χ3v) is 5.15. The molecular formula is C24H26O8. The van der Waals surface area contributed by atoms with E-state index >= 15 is 0 Å². The maximum atomic E-state index is 12.9.